The molecule has 0 aliphatic carbocycles. The van der Waals surface area contributed by atoms with Gasteiger partial charge < -0.3 is 5.32 Å². The van der Waals surface area contributed by atoms with Crippen LogP contribution in [0, 0.1) is 5.41 Å². The molecule has 0 aromatic heterocycles. The number of thiocarbonyl (C=S) groups is 1. The van der Waals surface area contributed by atoms with Gasteiger partial charge in [-0.05, 0) is 22.8 Å². The van der Waals surface area contributed by atoms with Crippen LogP contribution in [-0.2, 0) is 0 Å². The Balaban J connectivity index is 2.76. The second kappa shape index (κ2) is 3.15. The van der Waals surface area contributed by atoms with Gasteiger partial charge in [0.05, 0.1) is 4.99 Å². The summed E-state index contributed by atoms with van der Waals surface area (Å²) in [6.45, 7) is 5.35. The molecule has 62 valence electrons. The van der Waals surface area contributed by atoms with Crippen LogP contribution < -0.4 is 5.32 Å². The first-order valence-corrected chi connectivity index (χ1v) is 4.52. The molecule has 0 saturated heterocycles. The molecule has 0 atom stereocenters. The van der Waals surface area contributed by atoms with Crippen LogP contribution in [0.5, 0.6) is 0 Å². The molecule has 11 heavy (non-hydrogen) atoms. The Kier molecular flexibility index (Phi) is 2.60. The summed E-state index contributed by atoms with van der Waals surface area (Å²) < 4.78 is 0. The number of allylic oxidation sites excluding steroid dienone is 1. The molecule has 0 bridgehead atoms. The van der Waals surface area contributed by atoms with E-state index in [1.54, 1.807) is 0 Å². The standard InChI is InChI=1S/C8H13NS2/c1-8(2)4-6(10)3-7(11)9-5-8/h3,10H,4-5H2,1-2H3,(H,9,11). The fourth-order valence-corrected chi connectivity index (χ4v) is 1.99. The highest BCUT2D eigenvalue weighted by atomic mass is 32.1. The smallest absolute Gasteiger partial charge is 0.0996 e. The largest absolute Gasteiger partial charge is 0.376 e. The summed E-state index contributed by atoms with van der Waals surface area (Å²) in [6, 6.07) is 0. The Hall–Kier alpha value is -0.0200. The molecule has 0 spiro atoms. The van der Waals surface area contributed by atoms with Gasteiger partial charge in [0.25, 0.3) is 0 Å². The predicted octanol–water partition coefficient (Wildman–Crippen LogP) is 2.15. The summed E-state index contributed by atoms with van der Waals surface area (Å²) in [5.74, 6) is 0. The van der Waals surface area contributed by atoms with Gasteiger partial charge in [-0.1, -0.05) is 26.1 Å². The van der Waals surface area contributed by atoms with Crippen molar-refractivity contribution in [3.8, 4) is 0 Å². The van der Waals surface area contributed by atoms with Crippen LogP contribution >= 0.6 is 24.8 Å². The summed E-state index contributed by atoms with van der Waals surface area (Å²) in [5, 5.41) is 3.17. The first kappa shape index (κ1) is 9.07. The van der Waals surface area contributed by atoms with E-state index < -0.39 is 0 Å². The van der Waals surface area contributed by atoms with Crippen molar-refractivity contribution in [2.75, 3.05) is 6.54 Å². The SMILES string of the molecule is CC1(C)CNC(=S)C=C(S)C1. The molecule has 1 nitrogen and oxygen atoms in total. The van der Waals surface area contributed by atoms with Crippen LogP contribution in [0.15, 0.2) is 11.0 Å². The van der Waals surface area contributed by atoms with Gasteiger partial charge >= 0.3 is 0 Å². The first-order valence-electron chi connectivity index (χ1n) is 3.67. The van der Waals surface area contributed by atoms with Crippen molar-refractivity contribution in [3.63, 3.8) is 0 Å². The van der Waals surface area contributed by atoms with Crippen molar-refractivity contribution in [2.45, 2.75) is 20.3 Å². The van der Waals surface area contributed by atoms with Crippen LogP contribution in [0.25, 0.3) is 0 Å². The number of hydrogen-bond acceptors (Lipinski definition) is 2. The minimum Gasteiger partial charge on any atom is -0.376 e. The van der Waals surface area contributed by atoms with Crippen molar-refractivity contribution < 1.29 is 0 Å². The fraction of sp³-hybridized carbons (Fsp3) is 0.625. The number of nitrogens with one attached hydrogen (secondary N) is 1. The Morgan fingerprint density at radius 2 is 2.27 bits per heavy atom. The van der Waals surface area contributed by atoms with E-state index in [9.17, 15) is 0 Å². The highest BCUT2D eigenvalue weighted by Gasteiger charge is 2.21. The highest BCUT2D eigenvalue weighted by Crippen LogP contribution is 2.27. The first-order chi connectivity index (χ1) is 4.99. The lowest BCUT2D eigenvalue weighted by Crippen LogP contribution is -2.29. The van der Waals surface area contributed by atoms with E-state index in [0.29, 0.717) is 0 Å². The molecule has 0 amide bonds. The Labute approximate surface area is 78.7 Å². The summed E-state index contributed by atoms with van der Waals surface area (Å²) in [7, 11) is 0. The van der Waals surface area contributed by atoms with Crippen molar-refractivity contribution in [1.29, 1.82) is 0 Å². The predicted molar refractivity (Wildman–Crippen MR) is 56.1 cm³/mol. The third-order valence-electron chi connectivity index (χ3n) is 1.70. The minimum atomic E-state index is 0.272. The van der Waals surface area contributed by atoms with Crippen molar-refractivity contribution >= 4 is 29.8 Å². The van der Waals surface area contributed by atoms with Crippen LogP contribution in [0.4, 0.5) is 0 Å². The van der Waals surface area contributed by atoms with Crippen LogP contribution in [-0.4, -0.2) is 11.5 Å². The molecule has 1 heterocycles. The average Bonchev–Trinajstić information content (AvgIpc) is 1.90. The molecule has 1 rings (SSSR count). The van der Waals surface area contributed by atoms with E-state index in [4.69, 9.17) is 12.2 Å². The molecule has 1 N–H and O–H groups in total. The maximum absolute atomic E-state index is 5.04. The Bertz CT molecular complexity index is 206. The van der Waals surface area contributed by atoms with Gasteiger partial charge in [-0.2, -0.15) is 0 Å². The van der Waals surface area contributed by atoms with Crippen molar-refractivity contribution in [3.05, 3.63) is 11.0 Å². The zero-order chi connectivity index (χ0) is 8.48. The minimum absolute atomic E-state index is 0.272. The second-order valence-corrected chi connectivity index (χ2v) is 4.71. The molecule has 0 radical (unpaired) electrons. The van der Waals surface area contributed by atoms with Gasteiger partial charge in [0.1, 0.15) is 0 Å². The highest BCUT2D eigenvalue weighted by molar-refractivity contribution is 7.84. The number of rotatable bonds is 0. The molecule has 0 aromatic carbocycles. The average molecular weight is 187 g/mol. The van der Waals surface area contributed by atoms with E-state index in [2.05, 4.69) is 31.8 Å². The normalized spacial score (nSPS) is 23.5. The second-order valence-electron chi connectivity index (χ2n) is 3.69. The lowest BCUT2D eigenvalue weighted by atomic mass is 9.90. The van der Waals surface area contributed by atoms with E-state index in [-0.39, 0.29) is 5.41 Å². The summed E-state index contributed by atoms with van der Waals surface area (Å²) >= 11 is 9.37. The molecule has 0 unspecified atom stereocenters. The van der Waals surface area contributed by atoms with Gasteiger partial charge in [0.2, 0.25) is 0 Å². The molecule has 0 aromatic rings. The zero-order valence-electron chi connectivity index (χ0n) is 6.85. The quantitative estimate of drug-likeness (QED) is 0.445. The van der Waals surface area contributed by atoms with E-state index in [1.165, 1.54) is 0 Å². The Morgan fingerprint density at radius 3 is 2.91 bits per heavy atom. The number of hydrogen-bond donors (Lipinski definition) is 2. The van der Waals surface area contributed by atoms with E-state index >= 15 is 0 Å². The maximum atomic E-state index is 5.04. The monoisotopic (exact) mass is 187 g/mol. The van der Waals surface area contributed by atoms with Crippen LogP contribution in [0.2, 0.25) is 0 Å². The topological polar surface area (TPSA) is 12.0 Å². The van der Waals surface area contributed by atoms with Gasteiger partial charge in [-0.25, -0.2) is 0 Å². The van der Waals surface area contributed by atoms with Gasteiger partial charge in [0.15, 0.2) is 0 Å². The molecule has 3 heteroatoms. The lowest BCUT2D eigenvalue weighted by molar-refractivity contribution is 0.370. The third kappa shape index (κ3) is 2.83. The number of thiol groups is 1. The summed E-state index contributed by atoms with van der Waals surface area (Å²) in [5.41, 5.74) is 0.272. The Morgan fingerprint density at radius 1 is 1.64 bits per heavy atom. The molecule has 1 aliphatic heterocycles. The lowest BCUT2D eigenvalue weighted by Gasteiger charge is -2.22. The van der Waals surface area contributed by atoms with Gasteiger partial charge in [-0.3, -0.25) is 0 Å². The molecule has 0 fully saturated rings. The van der Waals surface area contributed by atoms with Crippen molar-refractivity contribution in [1.82, 2.24) is 5.32 Å². The van der Waals surface area contributed by atoms with Crippen molar-refractivity contribution in [2.24, 2.45) is 5.41 Å². The molecular weight excluding hydrogens is 174 g/mol. The molecule has 1 aliphatic rings. The summed E-state index contributed by atoms with van der Waals surface area (Å²) in [6.07, 6.45) is 2.93. The third-order valence-corrected chi connectivity index (χ3v) is 2.25. The van der Waals surface area contributed by atoms with E-state index in [1.807, 2.05) is 6.08 Å². The van der Waals surface area contributed by atoms with E-state index in [0.717, 1.165) is 22.9 Å². The molecular formula is C8H13NS2. The molecule has 0 saturated carbocycles. The van der Waals surface area contributed by atoms with Gasteiger partial charge in [0, 0.05) is 6.54 Å². The van der Waals surface area contributed by atoms with Gasteiger partial charge in [-0.15, -0.1) is 12.6 Å². The fourth-order valence-electron chi connectivity index (χ4n) is 1.13. The van der Waals surface area contributed by atoms with Crippen LogP contribution in [0.1, 0.15) is 20.3 Å². The summed E-state index contributed by atoms with van der Waals surface area (Å²) in [4.78, 5) is 1.88. The zero-order valence-corrected chi connectivity index (χ0v) is 8.56. The maximum Gasteiger partial charge on any atom is 0.0996 e. The van der Waals surface area contributed by atoms with Crippen LogP contribution in [0.3, 0.4) is 0 Å².